The van der Waals surface area contributed by atoms with E-state index in [0.717, 1.165) is 35.4 Å². The average molecular weight is 392 g/mol. The number of hydrogen-bond donors (Lipinski definition) is 0. The highest BCUT2D eigenvalue weighted by atomic mass is 32.2. The lowest BCUT2D eigenvalue weighted by molar-refractivity contribution is 0.675. The van der Waals surface area contributed by atoms with Crippen LogP contribution in [0.5, 0.6) is 0 Å². The van der Waals surface area contributed by atoms with Crippen molar-refractivity contribution in [1.29, 1.82) is 0 Å². The zero-order valence-corrected chi connectivity index (χ0v) is 16.7. The average Bonchev–Trinajstić information content (AvgIpc) is 3.17. The van der Waals surface area contributed by atoms with Crippen LogP contribution < -0.4 is 0 Å². The number of nitrogens with zero attached hydrogens (tertiary/aromatic N) is 5. The number of unbranched alkanes of at least 4 members (excludes halogenated alkanes) is 1. The summed E-state index contributed by atoms with van der Waals surface area (Å²) in [6.45, 7) is 4.14. The number of rotatable bonds is 6. The van der Waals surface area contributed by atoms with E-state index in [2.05, 4.69) is 53.2 Å². The van der Waals surface area contributed by atoms with Crippen LogP contribution in [0.15, 0.2) is 60.1 Å². The van der Waals surface area contributed by atoms with Gasteiger partial charge in [0.1, 0.15) is 6.33 Å². The van der Waals surface area contributed by atoms with Gasteiger partial charge in [-0.25, -0.2) is 19.5 Å². The van der Waals surface area contributed by atoms with E-state index in [1.807, 2.05) is 12.1 Å². The topological polar surface area (TPSA) is 73.0 Å². The van der Waals surface area contributed by atoms with Crippen LogP contribution in [0, 0.1) is 6.92 Å². The summed E-state index contributed by atoms with van der Waals surface area (Å²) in [6, 6.07) is 12.0. The predicted molar refractivity (Wildman–Crippen MR) is 110 cm³/mol. The fraction of sp³-hybridized carbons (Fsp3) is 0.238. The molecule has 142 valence electrons. The van der Waals surface area contributed by atoms with Gasteiger partial charge in [0, 0.05) is 35.3 Å². The summed E-state index contributed by atoms with van der Waals surface area (Å²) in [6.07, 6.45) is 6.90. The maximum atomic E-state index is 12.6. The molecule has 0 spiro atoms. The molecule has 0 aliphatic heterocycles. The lowest BCUT2D eigenvalue weighted by atomic mass is 10.1. The number of aryl methyl sites for hydroxylation is 1. The summed E-state index contributed by atoms with van der Waals surface area (Å²) in [5.41, 5.74) is 5.35. The van der Waals surface area contributed by atoms with Gasteiger partial charge in [0.25, 0.3) is 0 Å². The summed E-state index contributed by atoms with van der Waals surface area (Å²) in [7, 11) is -1.14. The molecule has 4 aromatic rings. The Kier molecular flexibility index (Phi) is 5.25. The lowest BCUT2D eigenvalue weighted by Gasteiger charge is -2.08. The maximum absolute atomic E-state index is 12.6. The van der Waals surface area contributed by atoms with Crippen molar-refractivity contribution in [2.24, 2.45) is 0 Å². The fourth-order valence-electron chi connectivity index (χ4n) is 2.95. The second-order valence-corrected chi connectivity index (χ2v) is 8.19. The molecule has 0 aliphatic rings. The molecule has 6 nitrogen and oxygen atoms in total. The minimum absolute atomic E-state index is 0.556. The molecule has 28 heavy (non-hydrogen) atoms. The maximum Gasteiger partial charge on any atom is 0.157 e. The van der Waals surface area contributed by atoms with E-state index < -0.39 is 10.8 Å². The van der Waals surface area contributed by atoms with Gasteiger partial charge in [0.2, 0.25) is 0 Å². The van der Waals surface area contributed by atoms with Gasteiger partial charge in [-0.3, -0.25) is 4.21 Å². The van der Waals surface area contributed by atoms with Crippen molar-refractivity contribution in [3.63, 3.8) is 0 Å². The molecule has 0 aliphatic carbocycles. The highest BCUT2D eigenvalue weighted by molar-refractivity contribution is 7.84. The third-order valence-electron chi connectivity index (χ3n) is 4.52. The molecule has 7 heteroatoms. The number of fused-ring (bicyclic) bond motifs is 1. The second-order valence-electron chi connectivity index (χ2n) is 6.68. The van der Waals surface area contributed by atoms with Gasteiger partial charge < -0.3 is 0 Å². The van der Waals surface area contributed by atoms with Gasteiger partial charge in [-0.05, 0) is 19.4 Å². The first-order chi connectivity index (χ1) is 13.7. The van der Waals surface area contributed by atoms with Crippen LogP contribution in [0.3, 0.4) is 0 Å². The second kappa shape index (κ2) is 7.98. The van der Waals surface area contributed by atoms with Gasteiger partial charge in [-0.2, -0.15) is 5.10 Å². The molecule has 1 aromatic carbocycles. The third-order valence-corrected chi connectivity index (χ3v) is 5.85. The minimum Gasteiger partial charge on any atom is -0.253 e. The monoisotopic (exact) mass is 391 g/mol. The van der Waals surface area contributed by atoms with E-state index in [0.29, 0.717) is 16.4 Å². The van der Waals surface area contributed by atoms with E-state index in [9.17, 15) is 4.21 Å². The first-order valence-electron chi connectivity index (χ1n) is 9.27. The van der Waals surface area contributed by atoms with Crippen LogP contribution >= 0.6 is 0 Å². The Bertz CT molecular complexity index is 1120. The number of hydrogen-bond acceptors (Lipinski definition) is 5. The number of aromatic nitrogens is 5. The quantitative estimate of drug-likeness (QED) is 0.495. The van der Waals surface area contributed by atoms with Crippen LogP contribution in [0.4, 0.5) is 0 Å². The van der Waals surface area contributed by atoms with Gasteiger partial charge in [-0.15, -0.1) is 0 Å². The first kappa shape index (κ1) is 18.4. The Labute approximate surface area is 166 Å². The van der Waals surface area contributed by atoms with E-state index in [1.165, 1.54) is 11.9 Å². The smallest absolute Gasteiger partial charge is 0.157 e. The molecule has 0 N–H and O–H groups in total. The molecule has 0 saturated heterocycles. The Morgan fingerprint density at radius 2 is 1.79 bits per heavy atom. The van der Waals surface area contributed by atoms with Crippen molar-refractivity contribution in [2.45, 2.75) is 31.7 Å². The zero-order valence-electron chi connectivity index (χ0n) is 15.9. The van der Waals surface area contributed by atoms with Crippen molar-refractivity contribution in [2.75, 3.05) is 5.75 Å². The Morgan fingerprint density at radius 3 is 2.50 bits per heavy atom. The van der Waals surface area contributed by atoms with Crippen LogP contribution in [0.2, 0.25) is 0 Å². The summed E-state index contributed by atoms with van der Waals surface area (Å²) < 4.78 is 14.3. The van der Waals surface area contributed by atoms with Crippen molar-refractivity contribution in [3.05, 3.63) is 60.7 Å². The molecule has 1 atom stereocenters. The summed E-state index contributed by atoms with van der Waals surface area (Å²) in [4.78, 5) is 13.0. The Morgan fingerprint density at radius 1 is 1.04 bits per heavy atom. The molecule has 0 bridgehead atoms. The Hall–Kier alpha value is -2.93. The van der Waals surface area contributed by atoms with Crippen molar-refractivity contribution in [3.8, 4) is 22.5 Å². The van der Waals surface area contributed by atoms with E-state index in [4.69, 9.17) is 4.98 Å². The van der Waals surface area contributed by atoms with Gasteiger partial charge in [-0.1, -0.05) is 43.2 Å². The largest absolute Gasteiger partial charge is 0.253 e. The molecule has 0 saturated carbocycles. The predicted octanol–water partition coefficient (Wildman–Crippen LogP) is 4.07. The number of benzene rings is 1. The normalized spacial score (nSPS) is 12.4. The SMILES string of the molecule is CCCCS(=O)c1cc2nc(-c3ccc(C)cc3)cc(-c3cncnc3)n2n1. The summed E-state index contributed by atoms with van der Waals surface area (Å²) in [5.74, 6) is 0.606. The highest BCUT2D eigenvalue weighted by Gasteiger charge is 2.15. The molecule has 1 unspecified atom stereocenters. The van der Waals surface area contributed by atoms with Gasteiger partial charge >= 0.3 is 0 Å². The minimum atomic E-state index is -1.14. The molecule has 0 amide bonds. The van der Waals surface area contributed by atoms with Crippen LogP contribution in [-0.4, -0.2) is 34.5 Å². The van der Waals surface area contributed by atoms with E-state index in [-0.39, 0.29) is 0 Å². The van der Waals surface area contributed by atoms with Crippen LogP contribution in [-0.2, 0) is 10.8 Å². The molecule has 3 heterocycles. The first-order valence-corrected chi connectivity index (χ1v) is 10.6. The molecule has 3 aromatic heterocycles. The van der Waals surface area contributed by atoms with Crippen molar-refractivity contribution in [1.82, 2.24) is 24.6 Å². The summed E-state index contributed by atoms with van der Waals surface area (Å²) in [5, 5.41) is 5.14. The Balaban J connectivity index is 1.88. The van der Waals surface area contributed by atoms with E-state index in [1.54, 1.807) is 16.9 Å². The van der Waals surface area contributed by atoms with Crippen LogP contribution in [0.25, 0.3) is 28.2 Å². The summed E-state index contributed by atoms with van der Waals surface area (Å²) >= 11 is 0. The molecule has 4 rings (SSSR count). The standard InChI is InChI=1S/C21H21N5OS/c1-3-4-9-28(27)21-11-20-24-18(16-7-5-15(2)6-8-16)10-19(26(20)25-21)17-12-22-14-23-13-17/h5-8,10-14H,3-4,9H2,1-2H3. The molecule has 0 fully saturated rings. The van der Waals surface area contributed by atoms with E-state index >= 15 is 0 Å². The van der Waals surface area contributed by atoms with Crippen LogP contribution in [0.1, 0.15) is 25.3 Å². The van der Waals surface area contributed by atoms with Crippen molar-refractivity contribution < 1.29 is 4.21 Å². The van der Waals surface area contributed by atoms with Gasteiger partial charge in [0.05, 0.1) is 22.2 Å². The molecular weight excluding hydrogens is 370 g/mol. The lowest BCUT2D eigenvalue weighted by Crippen LogP contribution is -2.01. The molecular formula is C21H21N5OS. The third kappa shape index (κ3) is 3.71. The zero-order chi connectivity index (χ0) is 19.5. The fourth-order valence-corrected chi connectivity index (χ4v) is 4.12. The highest BCUT2D eigenvalue weighted by Crippen LogP contribution is 2.26. The molecule has 0 radical (unpaired) electrons. The van der Waals surface area contributed by atoms with Crippen molar-refractivity contribution >= 4 is 16.4 Å². The van der Waals surface area contributed by atoms with Gasteiger partial charge in [0.15, 0.2) is 10.7 Å².